The fourth-order valence-corrected chi connectivity index (χ4v) is 1.33. The molecule has 2 heterocycles. The van der Waals surface area contributed by atoms with E-state index in [4.69, 9.17) is 5.73 Å². The lowest BCUT2D eigenvalue weighted by Gasteiger charge is -2.03. The van der Waals surface area contributed by atoms with Crippen LogP contribution in [0.3, 0.4) is 0 Å². The van der Waals surface area contributed by atoms with Crippen molar-refractivity contribution >= 4 is 5.91 Å². The van der Waals surface area contributed by atoms with E-state index < -0.39 is 5.91 Å². The van der Waals surface area contributed by atoms with Crippen molar-refractivity contribution in [2.24, 2.45) is 5.73 Å². The van der Waals surface area contributed by atoms with Gasteiger partial charge in [-0.1, -0.05) is 6.07 Å². The maximum Gasteiger partial charge on any atom is 0.268 e. The highest BCUT2D eigenvalue weighted by atomic mass is 16.1. The van der Waals surface area contributed by atoms with E-state index in [9.17, 15) is 4.79 Å². The molecule has 4 nitrogen and oxygen atoms in total. The smallest absolute Gasteiger partial charge is 0.268 e. The summed E-state index contributed by atoms with van der Waals surface area (Å²) in [6.07, 6.45) is 3.19. The van der Waals surface area contributed by atoms with Crippen LogP contribution in [0.1, 0.15) is 10.5 Å². The Hall–Kier alpha value is -2.23. The van der Waals surface area contributed by atoms with Gasteiger partial charge >= 0.3 is 0 Å². The van der Waals surface area contributed by atoms with Crippen LogP contribution in [0.4, 0.5) is 0 Å². The largest absolute Gasteiger partial charge is 0.364 e. The van der Waals surface area contributed by atoms with Crippen molar-refractivity contribution < 1.29 is 4.79 Å². The van der Waals surface area contributed by atoms with Gasteiger partial charge in [0.1, 0.15) is 5.69 Å². The molecule has 2 aromatic heterocycles. The minimum atomic E-state index is -0.545. The standard InChI is InChI=1S/C11H9N3O/c12-11(15)10-8(4-3-7-14-10)9-5-1-2-6-13-9/h1-7H,(H2,12,15). The van der Waals surface area contributed by atoms with E-state index >= 15 is 0 Å². The van der Waals surface area contributed by atoms with Crippen LogP contribution in [0.5, 0.6) is 0 Å². The normalized spacial score (nSPS) is 9.87. The average molecular weight is 199 g/mol. The van der Waals surface area contributed by atoms with Gasteiger partial charge in [-0.25, -0.2) is 0 Å². The minimum absolute atomic E-state index is 0.246. The number of primary amides is 1. The molecule has 2 N–H and O–H groups in total. The first-order valence-corrected chi connectivity index (χ1v) is 4.45. The molecule has 0 fully saturated rings. The molecule has 15 heavy (non-hydrogen) atoms. The summed E-state index contributed by atoms with van der Waals surface area (Å²) < 4.78 is 0. The number of pyridine rings is 2. The van der Waals surface area contributed by atoms with Crippen molar-refractivity contribution in [2.75, 3.05) is 0 Å². The topological polar surface area (TPSA) is 68.9 Å². The van der Waals surface area contributed by atoms with Gasteiger partial charge in [0.05, 0.1) is 5.69 Å². The van der Waals surface area contributed by atoms with Gasteiger partial charge in [-0.15, -0.1) is 0 Å². The summed E-state index contributed by atoms with van der Waals surface area (Å²) in [6.45, 7) is 0. The molecule has 0 unspecified atom stereocenters. The Bertz CT molecular complexity index is 482. The number of nitrogens with zero attached hydrogens (tertiary/aromatic N) is 2. The van der Waals surface area contributed by atoms with Crippen molar-refractivity contribution in [3.8, 4) is 11.3 Å². The fraction of sp³-hybridized carbons (Fsp3) is 0. The van der Waals surface area contributed by atoms with Gasteiger partial charge in [0, 0.05) is 18.0 Å². The van der Waals surface area contributed by atoms with Crippen LogP contribution in [-0.2, 0) is 0 Å². The van der Waals surface area contributed by atoms with Crippen LogP contribution < -0.4 is 5.73 Å². The Morgan fingerprint density at radius 1 is 1.07 bits per heavy atom. The van der Waals surface area contributed by atoms with Gasteiger partial charge in [0.2, 0.25) is 0 Å². The Morgan fingerprint density at radius 2 is 1.87 bits per heavy atom. The highest BCUT2D eigenvalue weighted by Crippen LogP contribution is 2.18. The summed E-state index contributed by atoms with van der Waals surface area (Å²) in [5.74, 6) is -0.545. The number of hydrogen-bond donors (Lipinski definition) is 1. The summed E-state index contributed by atoms with van der Waals surface area (Å²) in [7, 11) is 0. The van der Waals surface area contributed by atoms with E-state index in [-0.39, 0.29) is 5.69 Å². The molecule has 74 valence electrons. The summed E-state index contributed by atoms with van der Waals surface area (Å²) in [6, 6.07) is 8.99. The van der Waals surface area contributed by atoms with Crippen molar-refractivity contribution in [1.29, 1.82) is 0 Å². The molecule has 2 rings (SSSR count). The second-order valence-electron chi connectivity index (χ2n) is 2.98. The monoisotopic (exact) mass is 199 g/mol. The van der Waals surface area contributed by atoms with Gasteiger partial charge in [-0.3, -0.25) is 14.8 Å². The number of rotatable bonds is 2. The highest BCUT2D eigenvalue weighted by Gasteiger charge is 2.10. The SMILES string of the molecule is NC(=O)c1ncccc1-c1ccccn1. The molecule has 2 aromatic rings. The molecule has 0 atom stereocenters. The third kappa shape index (κ3) is 1.83. The molecule has 0 aliphatic carbocycles. The van der Waals surface area contributed by atoms with Crippen molar-refractivity contribution in [3.63, 3.8) is 0 Å². The van der Waals surface area contributed by atoms with Crippen molar-refractivity contribution in [3.05, 3.63) is 48.4 Å². The van der Waals surface area contributed by atoms with Crippen LogP contribution in [0.2, 0.25) is 0 Å². The van der Waals surface area contributed by atoms with E-state index in [0.29, 0.717) is 11.3 Å². The summed E-state index contributed by atoms with van der Waals surface area (Å²) >= 11 is 0. The van der Waals surface area contributed by atoms with Gasteiger partial charge in [-0.2, -0.15) is 0 Å². The second kappa shape index (κ2) is 3.88. The van der Waals surface area contributed by atoms with Gasteiger partial charge < -0.3 is 5.73 Å². The third-order valence-corrected chi connectivity index (χ3v) is 1.98. The summed E-state index contributed by atoms with van der Waals surface area (Å²) in [4.78, 5) is 19.2. The number of carbonyl (C=O) groups excluding carboxylic acids is 1. The zero-order chi connectivity index (χ0) is 10.7. The van der Waals surface area contributed by atoms with Crippen LogP contribution >= 0.6 is 0 Å². The maximum absolute atomic E-state index is 11.1. The quantitative estimate of drug-likeness (QED) is 0.791. The molecule has 0 aromatic carbocycles. The zero-order valence-corrected chi connectivity index (χ0v) is 7.92. The van der Waals surface area contributed by atoms with E-state index in [1.54, 1.807) is 18.3 Å². The first-order valence-electron chi connectivity index (χ1n) is 4.45. The molecule has 1 amide bonds. The van der Waals surface area contributed by atoms with Crippen LogP contribution in [-0.4, -0.2) is 15.9 Å². The molecule has 0 aliphatic heterocycles. The molecular weight excluding hydrogens is 190 g/mol. The molecule has 0 aliphatic rings. The molecule has 0 radical (unpaired) electrons. The van der Waals surface area contributed by atoms with Gasteiger partial charge in [-0.05, 0) is 24.3 Å². The summed E-state index contributed by atoms with van der Waals surface area (Å²) in [5, 5.41) is 0. The summed E-state index contributed by atoms with van der Waals surface area (Å²) in [5.41, 5.74) is 6.82. The molecule has 0 saturated carbocycles. The number of carbonyl (C=O) groups is 1. The number of hydrogen-bond acceptors (Lipinski definition) is 3. The minimum Gasteiger partial charge on any atom is -0.364 e. The van der Waals surface area contributed by atoms with E-state index in [0.717, 1.165) is 0 Å². The van der Waals surface area contributed by atoms with E-state index in [1.807, 2.05) is 18.2 Å². The first kappa shape index (κ1) is 9.33. The second-order valence-corrected chi connectivity index (χ2v) is 2.98. The average Bonchev–Trinajstić information content (AvgIpc) is 2.30. The third-order valence-electron chi connectivity index (χ3n) is 1.98. The Labute approximate surface area is 86.8 Å². The van der Waals surface area contributed by atoms with Gasteiger partial charge in [0.25, 0.3) is 5.91 Å². The zero-order valence-electron chi connectivity index (χ0n) is 7.92. The Kier molecular flexibility index (Phi) is 2.41. The lowest BCUT2D eigenvalue weighted by molar-refractivity contribution is 0.0996. The number of aromatic nitrogens is 2. The van der Waals surface area contributed by atoms with E-state index in [1.165, 1.54) is 6.20 Å². The Morgan fingerprint density at radius 3 is 2.53 bits per heavy atom. The van der Waals surface area contributed by atoms with E-state index in [2.05, 4.69) is 9.97 Å². The number of nitrogens with two attached hydrogens (primary N) is 1. The lowest BCUT2D eigenvalue weighted by Crippen LogP contribution is -2.14. The molecule has 4 heteroatoms. The van der Waals surface area contributed by atoms with Crippen molar-refractivity contribution in [1.82, 2.24) is 9.97 Å². The van der Waals surface area contributed by atoms with Crippen LogP contribution in [0, 0.1) is 0 Å². The predicted octanol–water partition coefficient (Wildman–Crippen LogP) is 1.24. The number of amides is 1. The predicted molar refractivity (Wildman–Crippen MR) is 56.0 cm³/mol. The Balaban J connectivity index is 2.58. The van der Waals surface area contributed by atoms with Crippen molar-refractivity contribution in [2.45, 2.75) is 0 Å². The lowest BCUT2D eigenvalue weighted by atomic mass is 10.1. The molecule has 0 spiro atoms. The van der Waals surface area contributed by atoms with Crippen LogP contribution in [0.15, 0.2) is 42.7 Å². The first-order chi connectivity index (χ1) is 7.29. The highest BCUT2D eigenvalue weighted by molar-refractivity contribution is 5.97. The fourth-order valence-electron chi connectivity index (χ4n) is 1.33. The maximum atomic E-state index is 11.1. The molecular formula is C11H9N3O. The van der Waals surface area contributed by atoms with Gasteiger partial charge in [0.15, 0.2) is 0 Å². The molecule has 0 bridgehead atoms. The molecule has 0 saturated heterocycles. The van der Waals surface area contributed by atoms with Crippen LogP contribution in [0.25, 0.3) is 11.3 Å².